The fourth-order valence-electron chi connectivity index (χ4n) is 1.88. The van der Waals surface area contributed by atoms with Crippen molar-refractivity contribution in [3.05, 3.63) is 18.1 Å². The minimum atomic E-state index is -0.136. The number of aromatic nitrogens is 2. The van der Waals surface area contributed by atoms with Gasteiger partial charge in [0.1, 0.15) is 12.4 Å². The summed E-state index contributed by atoms with van der Waals surface area (Å²) in [5.41, 5.74) is 0. The smallest absolute Gasteiger partial charge is 0.156 e. The third-order valence-corrected chi connectivity index (χ3v) is 2.83. The highest BCUT2D eigenvalue weighted by molar-refractivity contribution is 5.38. The van der Waals surface area contributed by atoms with Gasteiger partial charge in [0.05, 0.1) is 6.07 Å². The first kappa shape index (κ1) is 10.8. The quantitative estimate of drug-likeness (QED) is 0.791. The number of anilines is 1. The maximum absolute atomic E-state index is 8.95. The first-order chi connectivity index (χ1) is 7.83. The van der Waals surface area contributed by atoms with Crippen molar-refractivity contribution in [1.82, 2.24) is 9.97 Å². The lowest BCUT2D eigenvalue weighted by Crippen LogP contribution is -2.34. The molecule has 0 amide bonds. The number of aliphatic hydroxyl groups is 1. The predicted octanol–water partition coefficient (Wildman–Crippen LogP) is 0.709. The highest BCUT2D eigenvalue weighted by Crippen LogP contribution is 2.20. The van der Waals surface area contributed by atoms with Gasteiger partial charge in [0.2, 0.25) is 0 Å². The third-order valence-electron chi connectivity index (χ3n) is 2.83. The van der Waals surface area contributed by atoms with Crippen molar-refractivity contribution >= 4 is 5.82 Å². The largest absolute Gasteiger partial charge is 0.388 e. The minimum Gasteiger partial charge on any atom is -0.388 e. The van der Waals surface area contributed by atoms with Gasteiger partial charge in [-0.1, -0.05) is 0 Å². The summed E-state index contributed by atoms with van der Waals surface area (Å²) in [5.74, 6) is 1.46. The summed E-state index contributed by atoms with van der Waals surface area (Å²) >= 11 is 0. The predicted molar refractivity (Wildman–Crippen MR) is 58.5 cm³/mol. The molecular weight excluding hydrogens is 204 g/mol. The first-order valence-electron chi connectivity index (χ1n) is 5.41. The van der Waals surface area contributed by atoms with Crippen LogP contribution in [0.15, 0.2) is 12.3 Å². The molecule has 0 aromatic carbocycles. The molecule has 0 spiro atoms. The van der Waals surface area contributed by atoms with E-state index in [1.165, 1.54) is 0 Å². The van der Waals surface area contributed by atoms with Gasteiger partial charge in [-0.2, -0.15) is 5.26 Å². The molecule has 5 nitrogen and oxygen atoms in total. The summed E-state index contributed by atoms with van der Waals surface area (Å²) in [4.78, 5) is 10.3. The van der Waals surface area contributed by atoms with Gasteiger partial charge in [-0.3, -0.25) is 0 Å². The van der Waals surface area contributed by atoms with Crippen LogP contribution in [0.2, 0.25) is 0 Å². The van der Waals surface area contributed by atoms with Gasteiger partial charge in [-0.25, -0.2) is 9.97 Å². The van der Waals surface area contributed by atoms with Gasteiger partial charge in [-0.15, -0.1) is 0 Å². The van der Waals surface area contributed by atoms with Gasteiger partial charge < -0.3 is 10.0 Å². The van der Waals surface area contributed by atoms with Gasteiger partial charge in [0.15, 0.2) is 5.82 Å². The van der Waals surface area contributed by atoms with E-state index in [2.05, 4.69) is 20.9 Å². The zero-order valence-electron chi connectivity index (χ0n) is 9.00. The molecule has 1 aliphatic heterocycles. The number of nitriles is 1. The number of aliphatic hydroxyl groups excluding tert-OH is 1. The van der Waals surface area contributed by atoms with Crippen molar-refractivity contribution in [3.8, 4) is 6.07 Å². The second kappa shape index (κ2) is 4.90. The summed E-state index contributed by atoms with van der Waals surface area (Å²) in [7, 11) is 0. The molecule has 84 valence electrons. The Morgan fingerprint density at radius 2 is 2.25 bits per heavy atom. The standard InChI is InChI=1S/C11H14N4O/c12-7-9-2-5-15(6-3-9)11-1-4-13-10(8-16)14-11/h1,4,9,16H,2-3,5-6,8H2. The lowest BCUT2D eigenvalue weighted by atomic mass is 9.99. The molecule has 5 heteroatoms. The average molecular weight is 218 g/mol. The molecule has 1 saturated heterocycles. The zero-order valence-corrected chi connectivity index (χ0v) is 9.00. The highest BCUT2D eigenvalue weighted by atomic mass is 16.3. The van der Waals surface area contributed by atoms with Crippen molar-refractivity contribution in [2.24, 2.45) is 5.92 Å². The van der Waals surface area contributed by atoms with Crippen LogP contribution < -0.4 is 4.90 Å². The molecule has 0 bridgehead atoms. The van der Waals surface area contributed by atoms with Crippen molar-refractivity contribution in [2.45, 2.75) is 19.4 Å². The number of nitrogens with zero attached hydrogens (tertiary/aromatic N) is 4. The molecule has 1 aromatic rings. The molecule has 0 radical (unpaired) electrons. The monoisotopic (exact) mass is 218 g/mol. The molecule has 2 heterocycles. The maximum atomic E-state index is 8.95. The van der Waals surface area contributed by atoms with Crippen LogP contribution >= 0.6 is 0 Å². The van der Waals surface area contributed by atoms with Crippen molar-refractivity contribution < 1.29 is 5.11 Å². The Morgan fingerprint density at radius 1 is 1.50 bits per heavy atom. The number of hydrogen-bond donors (Lipinski definition) is 1. The Kier molecular flexibility index (Phi) is 3.32. The molecule has 16 heavy (non-hydrogen) atoms. The zero-order chi connectivity index (χ0) is 11.4. The second-order valence-corrected chi connectivity index (χ2v) is 3.88. The fraction of sp³-hybridized carbons (Fsp3) is 0.545. The number of piperidine rings is 1. The van der Waals surface area contributed by atoms with Gasteiger partial charge >= 0.3 is 0 Å². The van der Waals surface area contributed by atoms with Crippen LogP contribution in [-0.4, -0.2) is 28.2 Å². The number of hydrogen-bond acceptors (Lipinski definition) is 5. The molecule has 0 unspecified atom stereocenters. The molecule has 1 N–H and O–H groups in total. The molecule has 1 aliphatic rings. The van der Waals surface area contributed by atoms with Crippen LogP contribution in [0.1, 0.15) is 18.7 Å². The van der Waals surface area contributed by atoms with E-state index in [-0.39, 0.29) is 12.5 Å². The van der Waals surface area contributed by atoms with Crippen molar-refractivity contribution in [2.75, 3.05) is 18.0 Å². The van der Waals surface area contributed by atoms with Crippen LogP contribution in [0, 0.1) is 17.2 Å². The first-order valence-corrected chi connectivity index (χ1v) is 5.41. The molecule has 2 rings (SSSR count). The molecule has 0 atom stereocenters. The minimum absolute atomic E-state index is 0.136. The molecule has 1 aromatic heterocycles. The topological polar surface area (TPSA) is 73.0 Å². The molecular formula is C11H14N4O. The average Bonchev–Trinajstić information content (AvgIpc) is 2.39. The lowest BCUT2D eigenvalue weighted by molar-refractivity contribution is 0.271. The van der Waals surface area contributed by atoms with E-state index >= 15 is 0 Å². The Morgan fingerprint density at radius 3 is 2.88 bits per heavy atom. The summed E-state index contributed by atoms with van der Waals surface area (Å²) < 4.78 is 0. The fourth-order valence-corrected chi connectivity index (χ4v) is 1.88. The van der Waals surface area contributed by atoms with Crippen LogP contribution in [0.25, 0.3) is 0 Å². The van der Waals surface area contributed by atoms with Gasteiger partial charge in [0, 0.05) is 25.2 Å². The SMILES string of the molecule is N#CC1CCN(c2ccnc(CO)n2)CC1. The summed E-state index contributed by atoms with van der Waals surface area (Å²) in [6, 6.07) is 4.14. The van der Waals surface area contributed by atoms with Gasteiger partial charge in [0.25, 0.3) is 0 Å². The van der Waals surface area contributed by atoms with Crippen molar-refractivity contribution in [3.63, 3.8) is 0 Å². The van der Waals surface area contributed by atoms with E-state index in [9.17, 15) is 0 Å². The molecule has 1 fully saturated rings. The second-order valence-electron chi connectivity index (χ2n) is 3.88. The van der Waals surface area contributed by atoms with E-state index in [1.54, 1.807) is 6.20 Å². The van der Waals surface area contributed by atoms with Crippen molar-refractivity contribution in [1.29, 1.82) is 5.26 Å². The molecule has 0 saturated carbocycles. The molecule has 0 aliphatic carbocycles. The van der Waals surface area contributed by atoms with E-state index in [1.807, 2.05) is 6.07 Å². The third kappa shape index (κ3) is 2.28. The van der Waals surface area contributed by atoms with E-state index in [4.69, 9.17) is 10.4 Å². The lowest BCUT2D eigenvalue weighted by Gasteiger charge is -2.30. The van der Waals surface area contributed by atoms with Crippen LogP contribution in [-0.2, 0) is 6.61 Å². The van der Waals surface area contributed by atoms with Crippen LogP contribution in [0.5, 0.6) is 0 Å². The van der Waals surface area contributed by atoms with Crippen LogP contribution in [0.3, 0.4) is 0 Å². The maximum Gasteiger partial charge on any atom is 0.156 e. The Hall–Kier alpha value is -1.67. The van der Waals surface area contributed by atoms with E-state index < -0.39 is 0 Å². The number of rotatable bonds is 2. The summed E-state index contributed by atoms with van der Waals surface area (Å²) in [6.07, 6.45) is 3.42. The van der Waals surface area contributed by atoms with Gasteiger partial charge in [-0.05, 0) is 18.9 Å². The van der Waals surface area contributed by atoms with E-state index in [0.717, 1.165) is 31.7 Å². The highest BCUT2D eigenvalue weighted by Gasteiger charge is 2.19. The van der Waals surface area contributed by atoms with E-state index in [0.29, 0.717) is 5.82 Å². The normalized spacial score (nSPS) is 17.1. The summed E-state index contributed by atoms with van der Waals surface area (Å²) in [6.45, 7) is 1.56. The summed E-state index contributed by atoms with van der Waals surface area (Å²) in [5, 5.41) is 17.8. The van der Waals surface area contributed by atoms with Crippen LogP contribution in [0.4, 0.5) is 5.82 Å². The Bertz CT molecular complexity index is 393. The Balaban J connectivity index is 2.05. The Labute approximate surface area is 94.4 Å².